The van der Waals surface area contributed by atoms with Crippen LogP contribution in [0, 0.1) is 5.92 Å². The number of halogens is 1. The quantitative estimate of drug-likeness (QED) is 0.558. The lowest BCUT2D eigenvalue weighted by molar-refractivity contribution is 0.532. The SMILES string of the molecule is ClC1/C(=C/Nc2ccccc2)CCCC1C=Nc1ccccc1. The molecule has 0 aromatic heterocycles. The van der Waals surface area contributed by atoms with Crippen molar-refractivity contribution in [3.05, 3.63) is 72.4 Å². The maximum Gasteiger partial charge on any atom is 0.0639 e. The Morgan fingerprint density at radius 3 is 2.43 bits per heavy atom. The van der Waals surface area contributed by atoms with Crippen molar-refractivity contribution < 1.29 is 0 Å². The minimum Gasteiger partial charge on any atom is -0.362 e. The van der Waals surface area contributed by atoms with Crippen molar-refractivity contribution in [3.8, 4) is 0 Å². The van der Waals surface area contributed by atoms with Crippen LogP contribution in [-0.4, -0.2) is 11.6 Å². The number of benzene rings is 2. The molecule has 0 saturated heterocycles. The van der Waals surface area contributed by atoms with Gasteiger partial charge in [0.15, 0.2) is 0 Å². The summed E-state index contributed by atoms with van der Waals surface area (Å²) in [6, 6.07) is 20.2. The Balaban J connectivity index is 1.66. The molecule has 2 aromatic carbocycles. The number of nitrogens with one attached hydrogen (secondary N) is 1. The number of para-hydroxylation sites is 2. The highest BCUT2D eigenvalue weighted by atomic mass is 35.5. The van der Waals surface area contributed by atoms with Gasteiger partial charge in [-0.2, -0.15) is 0 Å². The van der Waals surface area contributed by atoms with Crippen LogP contribution in [0.3, 0.4) is 0 Å². The van der Waals surface area contributed by atoms with Crippen LogP contribution in [0.25, 0.3) is 0 Å². The molecule has 0 amide bonds. The Hall–Kier alpha value is -2.06. The van der Waals surface area contributed by atoms with Gasteiger partial charge < -0.3 is 5.32 Å². The second-order valence-corrected chi connectivity index (χ2v) is 6.27. The van der Waals surface area contributed by atoms with E-state index in [1.165, 1.54) is 5.57 Å². The smallest absolute Gasteiger partial charge is 0.0639 e. The highest BCUT2D eigenvalue weighted by Crippen LogP contribution is 2.32. The van der Waals surface area contributed by atoms with E-state index >= 15 is 0 Å². The van der Waals surface area contributed by atoms with E-state index in [2.05, 4.69) is 28.6 Å². The number of hydrogen-bond acceptors (Lipinski definition) is 2. The van der Waals surface area contributed by atoms with Gasteiger partial charge in [0.1, 0.15) is 0 Å². The van der Waals surface area contributed by atoms with Crippen LogP contribution in [0.2, 0.25) is 0 Å². The Bertz CT molecular complexity index is 665. The number of hydrogen-bond donors (Lipinski definition) is 1. The van der Waals surface area contributed by atoms with Gasteiger partial charge in [-0.15, -0.1) is 11.6 Å². The van der Waals surface area contributed by atoms with Gasteiger partial charge in [0, 0.05) is 24.0 Å². The molecule has 1 aliphatic rings. The second kappa shape index (κ2) is 7.98. The van der Waals surface area contributed by atoms with E-state index in [1.807, 2.05) is 54.7 Å². The predicted octanol–water partition coefficient (Wildman–Crippen LogP) is 5.79. The molecule has 1 saturated carbocycles. The van der Waals surface area contributed by atoms with E-state index < -0.39 is 0 Å². The van der Waals surface area contributed by atoms with E-state index in [-0.39, 0.29) is 11.3 Å². The summed E-state index contributed by atoms with van der Waals surface area (Å²) < 4.78 is 0. The average Bonchev–Trinajstić information content (AvgIpc) is 2.61. The van der Waals surface area contributed by atoms with E-state index in [4.69, 9.17) is 11.6 Å². The maximum absolute atomic E-state index is 6.68. The molecule has 118 valence electrons. The summed E-state index contributed by atoms with van der Waals surface area (Å²) in [6.07, 6.45) is 7.37. The van der Waals surface area contributed by atoms with Gasteiger partial charge in [-0.25, -0.2) is 0 Å². The summed E-state index contributed by atoms with van der Waals surface area (Å²) in [7, 11) is 0. The summed E-state index contributed by atoms with van der Waals surface area (Å²) in [5.41, 5.74) is 3.32. The van der Waals surface area contributed by atoms with Gasteiger partial charge in [-0.1, -0.05) is 36.4 Å². The third-order valence-corrected chi connectivity index (χ3v) is 4.71. The van der Waals surface area contributed by atoms with Crippen molar-refractivity contribution in [2.45, 2.75) is 24.6 Å². The van der Waals surface area contributed by atoms with Crippen LogP contribution in [0.15, 0.2) is 77.4 Å². The molecule has 23 heavy (non-hydrogen) atoms. The first-order valence-electron chi connectivity index (χ1n) is 8.07. The zero-order valence-electron chi connectivity index (χ0n) is 13.0. The molecule has 2 aromatic rings. The maximum atomic E-state index is 6.68. The Kier molecular flexibility index (Phi) is 5.49. The summed E-state index contributed by atoms with van der Waals surface area (Å²) in [5, 5.41) is 3.36. The van der Waals surface area contributed by atoms with Crippen molar-refractivity contribution >= 4 is 29.2 Å². The molecule has 0 bridgehead atoms. The summed E-state index contributed by atoms with van der Waals surface area (Å²) in [5.74, 6) is 0.287. The summed E-state index contributed by atoms with van der Waals surface area (Å²) >= 11 is 6.68. The molecule has 2 unspecified atom stereocenters. The van der Waals surface area contributed by atoms with Crippen molar-refractivity contribution in [1.82, 2.24) is 0 Å². The van der Waals surface area contributed by atoms with Gasteiger partial charge in [-0.05, 0) is 49.1 Å². The zero-order chi connectivity index (χ0) is 15.9. The number of nitrogens with zero attached hydrogens (tertiary/aromatic N) is 1. The van der Waals surface area contributed by atoms with Gasteiger partial charge in [0.2, 0.25) is 0 Å². The van der Waals surface area contributed by atoms with Crippen LogP contribution in [0.4, 0.5) is 11.4 Å². The first-order chi connectivity index (χ1) is 11.3. The normalized spacial score (nSPS) is 23.3. The van der Waals surface area contributed by atoms with Crippen LogP contribution >= 0.6 is 11.6 Å². The molecule has 1 N–H and O–H groups in total. The topological polar surface area (TPSA) is 24.4 Å². The van der Waals surface area contributed by atoms with Crippen molar-refractivity contribution in [3.63, 3.8) is 0 Å². The molecule has 2 atom stereocenters. The number of alkyl halides is 1. The molecule has 3 heteroatoms. The van der Waals surface area contributed by atoms with Gasteiger partial charge in [0.25, 0.3) is 0 Å². The lowest BCUT2D eigenvalue weighted by Crippen LogP contribution is -2.24. The molecular formula is C20H21ClN2. The summed E-state index contributed by atoms with van der Waals surface area (Å²) in [4.78, 5) is 4.58. The Morgan fingerprint density at radius 1 is 1.00 bits per heavy atom. The van der Waals surface area contributed by atoms with Crippen molar-refractivity contribution in [2.24, 2.45) is 10.9 Å². The van der Waals surface area contributed by atoms with Gasteiger partial charge >= 0.3 is 0 Å². The molecule has 0 spiro atoms. The number of anilines is 1. The first kappa shape index (κ1) is 15.8. The Labute approximate surface area is 142 Å². The van der Waals surface area contributed by atoms with Crippen LogP contribution < -0.4 is 5.32 Å². The lowest BCUT2D eigenvalue weighted by Gasteiger charge is -2.27. The highest BCUT2D eigenvalue weighted by Gasteiger charge is 2.25. The predicted molar refractivity (Wildman–Crippen MR) is 99.7 cm³/mol. The minimum absolute atomic E-state index is 0.00687. The molecular weight excluding hydrogens is 304 g/mol. The summed E-state index contributed by atoms with van der Waals surface area (Å²) in [6.45, 7) is 0. The molecule has 1 fully saturated rings. The number of aliphatic imine (C=N–C) groups is 1. The fraction of sp³-hybridized carbons (Fsp3) is 0.250. The molecule has 2 nitrogen and oxygen atoms in total. The zero-order valence-corrected chi connectivity index (χ0v) is 13.8. The fourth-order valence-corrected chi connectivity index (χ4v) is 3.17. The molecule has 1 aliphatic carbocycles. The minimum atomic E-state index is 0.00687. The third-order valence-electron chi connectivity index (χ3n) is 4.10. The Morgan fingerprint density at radius 2 is 1.70 bits per heavy atom. The van der Waals surface area contributed by atoms with E-state index in [1.54, 1.807) is 0 Å². The van der Waals surface area contributed by atoms with Crippen LogP contribution in [0.5, 0.6) is 0 Å². The third kappa shape index (κ3) is 4.46. The number of allylic oxidation sites excluding steroid dienone is 1. The van der Waals surface area contributed by atoms with E-state index in [0.29, 0.717) is 0 Å². The first-order valence-corrected chi connectivity index (χ1v) is 8.50. The van der Waals surface area contributed by atoms with Crippen molar-refractivity contribution in [2.75, 3.05) is 5.32 Å². The highest BCUT2D eigenvalue weighted by molar-refractivity contribution is 6.23. The molecule has 3 rings (SSSR count). The monoisotopic (exact) mass is 324 g/mol. The molecule has 0 heterocycles. The van der Waals surface area contributed by atoms with Gasteiger partial charge in [-0.3, -0.25) is 4.99 Å². The number of rotatable bonds is 4. The van der Waals surface area contributed by atoms with Gasteiger partial charge in [0.05, 0.1) is 11.1 Å². The lowest BCUT2D eigenvalue weighted by atomic mass is 9.86. The van der Waals surface area contributed by atoms with Crippen LogP contribution in [0.1, 0.15) is 19.3 Å². The van der Waals surface area contributed by atoms with E-state index in [9.17, 15) is 0 Å². The molecule has 0 aliphatic heterocycles. The standard InChI is InChI=1S/C20H21ClN2/c21-20-16(14-22-18-10-3-1-4-11-18)8-7-9-17(20)15-23-19-12-5-2-6-13-19/h1-6,10-16,20,23H,7-9H2/b17-15+,22-14?. The largest absolute Gasteiger partial charge is 0.362 e. The second-order valence-electron chi connectivity index (χ2n) is 5.80. The van der Waals surface area contributed by atoms with Crippen LogP contribution in [-0.2, 0) is 0 Å². The van der Waals surface area contributed by atoms with E-state index in [0.717, 1.165) is 30.6 Å². The average molecular weight is 325 g/mol. The molecule has 0 radical (unpaired) electrons. The van der Waals surface area contributed by atoms with Crippen molar-refractivity contribution in [1.29, 1.82) is 0 Å². The fourth-order valence-electron chi connectivity index (χ4n) is 2.81.